The lowest BCUT2D eigenvalue weighted by atomic mass is 10.1. The molecular weight excluding hydrogens is 634 g/mol. The average molecular weight is 658 g/mol. The second-order valence-electron chi connectivity index (χ2n) is 10.1. The normalized spacial score (nSPS) is 38.3. The first kappa shape index (κ1) is 29.5. The van der Waals surface area contributed by atoms with Crippen molar-refractivity contribution in [2.24, 2.45) is 0 Å². The maximum absolute atomic E-state index is 13.2. The number of nitrogens with one attached hydrogen (secondary N) is 1. The number of nitrogens with two attached hydrogens (primary N) is 1. The number of aromatic amines is 1. The number of phosphoric ester groups is 2. The number of nitrogen functional groups attached to an aromatic ring is 1. The molecule has 0 saturated carbocycles. The van der Waals surface area contributed by atoms with E-state index in [-0.39, 0.29) is 16.7 Å². The molecule has 23 heteroatoms. The topological polar surface area (TPSA) is 291 Å². The summed E-state index contributed by atoms with van der Waals surface area (Å²) in [5.74, 6) is 0. The number of fused-ring (bicyclic) bond motifs is 5. The third kappa shape index (κ3) is 5.06. The molecule has 3 saturated heterocycles. The van der Waals surface area contributed by atoms with Crippen molar-refractivity contribution in [1.29, 1.82) is 0 Å². The van der Waals surface area contributed by atoms with E-state index in [0.717, 1.165) is 6.33 Å². The lowest BCUT2D eigenvalue weighted by Gasteiger charge is -2.26. The number of ether oxygens (including phenoxy) is 2. The highest BCUT2D eigenvalue weighted by atomic mass is 31.2. The Bertz CT molecular complexity index is 1880. The summed E-state index contributed by atoms with van der Waals surface area (Å²) >= 11 is 0. The number of rotatable bonds is 2. The lowest BCUT2D eigenvalue weighted by molar-refractivity contribution is -0.0671. The van der Waals surface area contributed by atoms with Gasteiger partial charge in [0.1, 0.15) is 42.1 Å². The Morgan fingerprint density at radius 3 is 2.32 bits per heavy atom. The van der Waals surface area contributed by atoms with Crippen molar-refractivity contribution in [3.8, 4) is 0 Å². The van der Waals surface area contributed by atoms with Crippen LogP contribution < -0.4 is 11.3 Å². The molecule has 4 aromatic rings. The van der Waals surface area contributed by atoms with E-state index in [4.69, 9.17) is 33.3 Å². The maximum atomic E-state index is 13.2. The van der Waals surface area contributed by atoms with E-state index in [2.05, 4.69) is 25.1 Å². The Morgan fingerprint density at radius 2 is 1.55 bits per heavy atom. The van der Waals surface area contributed by atoms with E-state index < -0.39 is 83.5 Å². The van der Waals surface area contributed by atoms with Crippen LogP contribution in [0.25, 0.3) is 22.2 Å². The summed E-state index contributed by atoms with van der Waals surface area (Å²) in [5.41, 5.74) is 6.17. The van der Waals surface area contributed by atoms with Gasteiger partial charge in [0.2, 0.25) is 0 Å². The average Bonchev–Trinajstić information content (AvgIpc) is 3.73. The number of hydrogen-bond acceptors (Lipinski definition) is 16. The molecule has 3 fully saturated rings. The molecule has 2 unspecified atom stereocenters. The molecule has 0 amide bonds. The standard InChI is InChI=1S/C21H24N8O13P2/c22-8-1-2-23-18-12(8)24-7-29(18)20-15(31)16-11(40-20)5-38-44(35,36)42-17-14(30)10(4-37-43(33,34)41-16)39-21(17)28-6-25-13-9(28)3-26-27-19(13)32/h1-3,6-7,10-11,14-17,20-21,30-31H,4-5H2,(H2,22,23)(H,27,32)(H,33,34)(H,35,36)/t10-,11-,14-,15-,16-,17-,20-,21-/m1/s1. The van der Waals surface area contributed by atoms with Crippen LogP contribution in [0.4, 0.5) is 5.69 Å². The number of H-pyrrole nitrogens is 1. The van der Waals surface area contributed by atoms with Gasteiger partial charge in [-0.05, 0) is 6.07 Å². The quantitative estimate of drug-likeness (QED) is 0.136. The molecule has 2 bridgehead atoms. The largest absolute Gasteiger partial charge is 0.472 e. The molecule has 0 radical (unpaired) electrons. The molecule has 0 aromatic carbocycles. The molecule has 7 heterocycles. The van der Waals surface area contributed by atoms with E-state index >= 15 is 0 Å². The van der Waals surface area contributed by atoms with Gasteiger partial charge in [0.15, 0.2) is 23.6 Å². The molecular formula is C21H24N8O13P2. The molecule has 3 aliphatic rings. The van der Waals surface area contributed by atoms with Crippen LogP contribution >= 0.6 is 15.6 Å². The van der Waals surface area contributed by atoms with Crippen LogP contribution in [0.15, 0.2) is 35.9 Å². The minimum absolute atomic E-state index is 0.0521. The second-order valence-corrected chi connectivity index (χ2v) is 12.9. The summed E-state index contributed by atoms with van der Waals surface area (Å²) < 4.78 is 61.3. The number of hydrogen-bond donors (Lipinski definition) is 6. The smallest absolute Gasteiger partial charge is 0.397 e. The van der Waals surface area contributed by atoms with Gasteiger partial charge in [-0.1, -0.05) is 0 Å². The van der Waals surface area contributed by atoms with E-state index in [1.165, 1.54) is 33.9 Å². The molecule has 44 heavy (non-hydrogen) atoms. The van der Waals surface area contributed by atoms with Crippen molar-refractivity contribution in [2.45, 2.75) is 49.1 Å². The molecule has 236 valence electrons. The van der Waals surface area contributed by atoms with Gasteiger partial charge in [-0.2, -0.15) is 5.10 Å². The van der Waals surface area contributed by atoms with Gasteiger partial charge in [-0.3, -0.25) is 32.0 Å². The van der Waals surface area contributed by atoms with Crippen LogP contribution in [0.3, 0.4) is 0 Å². The molecule has 7 rings (SSSR count). The first-order chi connectivity index (χ1) is 20.9. The summed E-state index contributed by atoms with van der Waals surface area (Å²) in [6.45, 7) is -1.58. The predicted octanol–water partition coefficient (Wildman–Crippen LogP) is -1.32. The predicted molar refractivity (Wildman–Crippen MR) is 141 cm³/mol. The summed E-state index contributed by atoms with van der Waals surface area (Å²) in [6, 6.07) is 1.51. The van der Waals surface area contributed by atoms with Gasteiger partial charge in [-0.15, -0.1) is 0 Å². The number of pyridine rings is 1. The molecule has 0 aliphatic carbocycles. The molecule has 7 N–H and O–H groups in total. The van der Waals surface area contributed by atoms with Gasteiger partial charge in [0, 0.05) is 6.20 Å². The highest BCUT2D eigenvalue weighted by molar-refractivity contribution is 7.47. The Hall–Kier alpha value is -3.17. The highest BCUT2D eigenvalue weighted by Crippen LogP contribution is 2.53. The Labute approximate surface area is 244 Å². The Morgan fingerprint density at radius 1 is 0.886 bits per heavy atom. The zero-order valence-corrected chi connectivity index (χ0v) is 23.8. The van der Waals surface area contributed by atoms with Crippen molar-refractivity contribution in [3.05, 3.63) is 41.5 Å². The molecule has 10 atom stereocenters. The second kappa shape index (κ2) is 10.7. The van der Waals surface area contributed by atoms with Gasteiger partial charge in [0.05, 0.1) is 43.3 Å². The third-order valence-corrected chi connectivity index (χ3v) is 9.35. The highest BCUT2D eigenvalue weighted by Gasteiger charge is 2.53. The molecule has 4 aromatic heterocycles. The monoisotopic (exact) mass is 658 g/mol. The minimum atomic E-state index is -5.07. The van der Waals surface area contributed by atoms with Crippen molar-refractivity contribution in [3.63, 3.8) is 0 Å². The number of aromatic nitrogens is 7. The van der Waals surface area contributed by atoms with Crippen LogP contribution in [0.1, 0.15) is 12.5 Å². The first-order valence-electron chi connectivity index (χ1n) is 12.9. The van der Waals surface area contributed by atoms with E-state index in [1.54, 1.807) is 0 Å². The van der Waals surface area contributed by atoms with Crippen molar-refractivity contribution >= 4 is 43.5 Å². The third-order valence-electron chi connectivity index (χ3n) is 7.38. The Balaban J connectivity index is 1.20. The van der Waals surface area contributed by atoms with Gasteiger partial charge >= 0.3 is 15.6 Å². The summed E-state index contributed by atoms with van der Waals surface area (Å²) in [4.78, 5) is 45.7. The summed E-state index contributed by atoms with van der Waals surface area (Å²) in [5, 5.41) is 28.0. The number of aliphatic hydroxyl groups excluding tert-OH is 2. The fraction of sp³-hybridized carbons (Fsp3) is 0.476. The molecule has 0 spiro atoms. The first-order valence-corrected chi connectivity index (χ1v) is 15.9. The van der Waals surface area contributed by atoms with Crippen LogP contribution in [-0.2, 0) is 36.7 Å². The summed E-state index contributed by atoms with van der Waals surface area (Å²) in [6.07, 6.45) is -7.22. The van der Waals surface area contributed by atoms with Crippen LogP contribution in [0.2, 0.25) is 0 Å². The van der Waals surface area contributed by atoms with Crippen LogP contribution in [-0.4, -0.2) is 104 Å². The van der Waals surface area contributed by atoms with E-state index in [9.17, 15) is 33.9 Å². The Kier molecular flexibility index (Phi) is 7.20. The molecule has 21 nitrogen and oxygen atoms in total. The lowest BCUT2D eigenvalue weighted by Crippen LogP contribution is -2.36. The van der Waals surface area contributed by atoms with Crippen LogP contribution in [0.5, 0.6) is 0 Å². The number of anilines is 1. The maximum Gasteiger partial charge on any atom is 0.472 e. The van der Waals surface area contributed by atoms with Crippen molar-refractivity contribution < 1.29 is 56.7 Å². The van der Waals surface area contributed by atoms with Crippen molar-refractivity contribution in [1.82, 2.24) is 34.3 Å². The number of phosphoric acid groups is 2. The minimum Gasteiger partial charge on any atom is -0.397 e. The van der Waals surface area contributed by atoms with Gasteiger partial charge < -0.3 is 35.2 Å². The van der Waals surface area contributed by atoms with E-state index in [0.29, 0.717) is 11.2 Å². The molecule has 3 aliphatic heterocycles. The van der Waals surface area contributed by atoms with Crippen LogP contribution in [0, 0.1) is 0 Å². The fourth-order valence-corrected chi connectivity index (χ4v) is 7.23. The number of aliphatic hydroxyl groups is 2. The van der Waals surface area contributed by atoms with Gasteiger partial charge in [-0.25, -0.2) is 29.2 Å². The zero-order valence-electron chi connectivity index (χ0n) is 22.0. The zero-order chi connectivity index (χ0) is 31.0. The number of imidazole rings is 2. The van der Waals surface area contributed by atoms with Gasteiger partial charge in [0.25, 0.3) is 5.56 Å². The summed E-state index contributed by atoms with van der Waals surface area (Å²) in [7, 11) is -10.1. The van der Waals surface area contributed by atoms with Crippen molar-refractivity contribution in [2.75, 3.05) is 18.9 Å². The van der Waals surface area contributed by atoms with E-state index in [1.807, 2.05) is 0 Å². The SMILES string of the molecule is Nc1ccnc2c1ncn2[C@@H]1O[C@@H]2COP(=O)(O)O[C@@H]3[C@H](O)[C@@H](COP(=O)(O)O[C@H]2[C@H]1O)O[C@H]3n1cnc2c(=O)[nH]ncc21. The number of nitrogens with zero attached hydrogens (tertiary/aromatic N) is 6. The fourth-order valence-electron chi connectivity index (χ4n) is 5.33.